The molecule has 2 aromatic carbocycles. The summed E-state index contributed by atoms with van der Waals surface area (Å²) in [5, 5.41) is 4.13. The smallest absolute Gasteiger partial charge is 0.231 e. The lowest BCUT2D eigenvalue weighted by molar-refractivity contribution is 0.171. The highest BCUT2D eigenvalue weighted by Crippen LogP contribution is 2.41. The Morgan fingerprint density at radius 2 is 1.86 bits per heavy atom. The van der Waals surface area contributed by atoms with Crippen molar-refractivity contribution in [3.05, 3.63) is 52.5 Å². The van der Waals surface area contributed by atoms with Crippen LogP contribution in [0.5, 0.6) is 17.2 Å². The van der Waals surface area contributed by atoms with Gasteiger partial charge >= 0.3 is 0 Å². The summed E-state index contributed by atoms with van der Waals surface area (Å²) in [6, 6.07) is 11.7. The molecule has 0 saturated heterocycles. The van der Waals surface area contributed by atoms with Gasteiger partial charge in [0.2, 0.25) is 12.5 Å². The second-order valence-corrected chi connectivity index (χ2v) is 5.20. The van der Waals surface area contributed by atoms with E-state index in [-0.39, 0.29) is 6.79 Å². The fourth-order valence-electron chi connectivity index (χ4n) is 2.24. The van der Waals surface area contributed by atoms with E-state index in [1.54, 1.807) is 7.11 Å². The minimum Gasteiger partial charge on any atom is -0.493 e. The number of hydrogen-bond donors (Lipinski definition) is 1. The van der Waals surface area contributed by atoms with Crippen LogP contribution in [-0.2, 0) is 13.1 Å². The van der Waals surface area contributed by atoms with Gasteiger partial charge in [-0.15, -0.1) is 0 Å². The lowest BCUT2D eigenvalue weighted by Crippen LogP contribution is -2.12. The van der Waals surface area contributed by atoms with Crippen LogP contribution in [0.25, 0.3) is 0 Å². The van der Waals surface area contributed by atoms with Crippen molar-refractivity contribution in [3.63, 3.8) is 0 Å². The zero-order valence-electron chi connectivity index (χ0n) is 11.7. The van der Waals surface area contributed by atoms with Gasteiger partial charge in [0.15, 0.2) is 11.5 Å². The number of nitrogens with one attached hydrogen (secondary N) is 1. The van der Waals surface area contributed by atoms with Gasteiger partial charge in [-0.3, -0.25) is 0 Å². The summed E-state index contributed by atoms with van der Waals surface area (Å²) in [6.07, 6.45) is 0. The van der Waals surface area contributed by atoms with Crippen molar-refractivity contribution < 1.29 is 14.2 Å². The predicted octanol–water partition coefficient (Wildman–Crippen LogP) is 3.37. The van der Waals surface area contributed by atoms with Crippen LogP contribution in [0.3, 0.4) is 0 Å². The van der Waals surface area contributed by atoms with Crippen molar-refractivity contribution in [3.8, 4) is 17.2 Å². The first-order valence-corrected chi connectivity index (χ1v) is 7.06. The summed E-state index contributed by atoms with van der Waals surface area (Å²) in [5.74, 6) is 2.12. The molecule has 0 atom stereocenters. The molecule has 0 fully saturated rings. The van der Waals surface area contributed by atoms with Crippen molar-refractivity contribution in [1.29, 1.82) is 0 Å². The standard InChI is InChI=1S/C16H16ClNO3/c1-19-14-6-12(7-15-16(14)21-10-20-15)9-18-8-11-2-4-13(17)5-3-11/h2-7,18H,8-10H2,1H3. The molecule has 3 rings (SSSR count). The third kappa shape index (κ3) is 3.23. The first kappa shape index (κ1) is 14.0. The van der Waals surface area contributed by atoms with E-state index in [0.29, 0.717) is 11.5 Å². The Labute approximate surface area is 128 Å². The summed E-state index contributed by atoms with van der Waals surface area (Å²) in [7, 11) is 1.63. The molecule has 0 radical (unpaired) electrons. The highest BCUT2D eigenvalue weighted by molar-refractivity contribution is 6.30. The fourth-order valence-corrected chi connectivity index (χ4v) is 2.37. The Balaban J connectivity index is 1.64. The molecule has 4 nitrogen and oxygen atoms in total. The highest BCUT2D eigenvalue weighted by Gasteiger charge is 2.19. The van der Waals surface area contributed by atoms with Crippen LogP contribution < -0.4 is 19.5 Å². The molecule has 0 aromatic heterocycles. The van der Waals surface area contributed by atoms with E-state index in [2.05, 4.69) is 5.32 Å². The van der Waals surface area contributed by atoms with Gasteiger partial charge in [-0.05, 0) is 35.4 Å². The van der Waals surface area contributed by atoms with Crippen molar-refractivity contribution >= 4 is 11.6 Å². The first-order chi connectivity index (χ1) is 10.3. The minimum atomic E-state index is 0.243. The third-order valence-corrected chi connectivity index (χ3v) is 3.54. The van der Waals surface area contributed by atoms with Crippen LogP contribution in [-0.4, -0.2) is 13.9 Å². The fraction of sp³-hybridized carbons (Fsp3) is 0.250. The Morgan fingerprint density at radius 3 is 2.62 bits per heavy atom. The van der Waals surface area contributed by atoms with Gasteiger partial charge in [0.25, 0.3) is 0 Å². The Bertz CT molecular complexity index is 628. The molecule has 1 heterocycles. The summed E-state index contributed by atoms with van der Waals surface area (Å²) >= 11 is 5.87. The van der Waals surface area contributed by atoms with Gasteiger partial charge in [0.1, 0.15) is 0 Å². The SMILES string of the molecule is COc1cc(CNCc2ccc(Cl)cc2)cc2c1OCO2. The van der Waals surface area contributed by atoms with Crippen LogP contribution in [0.15, 0.2) is 36.4 Å². The average Bonchev–Trinajstić information content (AvgIpc) is 2.97. The van der Waals surface area contributed by atoms with Crippen molar-refractivity contribution in [2.24, 2.45) is 0 Å². The molecule has 1 N–H and O–H groups in total. The van der Waals surface area contributed by atoms with E-state index in [4.69, 9.17) is 25.8 Å². The summed E-state index contributed by atoms with van der Waals surface area (Å²) in [6.45, 7) is 1.73. The number of fused-ring (bicyclic) bond motifs is 1. The van der Waals surface area contributed by atoms with Crippen LogP contribution >= 0.6 is 11.6 Å². The van der Waals surface area contributed by atoms with E-state index >= 15 is 0 Å². The maximum atomic E-state index is 5.87. The van der Waals surface area contributed by atoms with Gasteiger partial charge in [-0.25, -0.2) is 0 Å². The molecule has 5 heteroatoms. The quantitative estimate of drug-likeness (QED) is 0.919. The summed E-state index contributed by atoms with van der Waals surface area (Å²) in [5.41, 5.74) is 2.28. The van der Waals surface area contributed by atoms with E-state index < -0.39 is 0 Å². The first-order valence-electron chi connectivity index (χ1n) is 6.68. The van der Waals surface area contributed by atoms with Gasteiger partial charge in [-0.1, -0.05) is 23.7 Å². The highest BCUT2D eigenvalue weighted by atomic mass is 35.5. The van der Waals surface area contributed by atoms with Crippen molar-refractivity contribution in [2.45, 2.75) is 13.1 Å². The van der Waals surface area contributed by atoms with E-state index in [1.807, 2.05) is 36.4 Å². The van der Waals surface area contributed by atoms with Crippen LogP contribution in [0.4, 0.5) is 0 Å². The number of hydrogen-bond acceptors (Lipinski definition) is 4. The molecule has 0 aliphatic carbocycles. The number of methoxy groups -OCH3 is 1. The van der Waals surface area contributed by atoms with Crippen LogP contribution in [0.1, 0.15) is 11.1 Å². The summed E-state index contributed by atoms with van der Waals surface area (Å²) < 4.78 is 16.1. The molecule has 0 bridgehead atoms. The lowest BCUT2D eigenvalue weighted by Gasteiger charge is -2.09. The topological polar surface area (TPSA) is 39.7 Å². The maximum Gasteiger partial charge on any atom is 0.231 e. The number of halogens is 1. The molecule has 110 valence electrons. The van der Waals surface area contributed by atoms with Crippen LogP contribution in [0.2, 0.25) is 5.02 Å². The third-order valence-electron chi connectivity index (χ3n) is 3.29. The monoisotopic (exact) mass is 305 g/mol. The minimum absolute atomic E-state index is 0.243. The van der Waals surface area contributed by atoms with Gasteiger partial charge < -0.3 is 19.5 Å². The maximum absolute atomic E-state index is 5.87. The number of rotatable bonds is 5. The Hall–Kier alpha value is -1.91. The Morgan fingerprint density at radius 1 is 1.10 bits per heavy atom. The molecule has 2 aromatic rings. The second kappa shape index (κ2) is 6.24. The van der Waals surface area contributed by atoms with E-state index in [9.17, 15) is 0 Å². The van der Waals surface area contributed by atoms with Gasteiger partial charge in [0, 0.05) is 18.1 Å². The summed E-state index contributed by atoms with van der Waals surface area (Å²) in [4.78, 5) is 0. The number of benzene rings is 2. The Kier molecular flexibility index (Phi) is 4.18. The zero-order chi connectivity index (χ0) is 14.7. The average molecular weight is 306 g/mol. The molecule has 1 aliphatic heterocycles. The molecular weight excluding hydrogens is 290 g/mol. The zero-order valence-corrected chi connectivity index (χ0v) is 12.4. The van der Waals surface area contributed by atoms with Gasteiger partial charge in [0.05, 0.1) is 7.11 Å². The molecule has 0 saturated carbocycles. The second-order valence-electron chi connectivity index (χ2n) is 4.76. The molecule has 0 amide bonds. The predicted molar refractivity (Wildman–Crippen MR) is 81.1 cm³/mol. The van der Waals surface area contributed by atoms with Gasteiger partial charge in [-0.2, -0.15) is 0 Å². The molecule has 1 aliphatic rings. The molecule has 21 heavy (non-hydrogen) atoms. The lowest BCUT2D eigenvalue weighted by atomic mass is 10.1. The molecule has 0 spiro atoms. The molecular formula is C16H16ClNO3. The largest absolute Gasteiger partial charge is 0.493 e. The normalized spacial score (nSPS) is 12.5. The van der Waals surface area contributed by atoms with Crippen molar-refractivity contribution in [1.82, 2.24) is 5.32 Å². The number of ether oxygens (including phenoxy) is 3. The van der Waals surface area contributed by atoms with Crippen LogP contribution in [0, 0.1) is 0 Å². The molecule has 0 unspecified atom stereocenters. The van der Waals surface area contributed by atoms with E-state index in [1.165, 1.54) is 5.56 Å². The van der Waals surface area contributed by atoms with E-state index in [0.717, 1.165) is 29.4 Å². The van der Waals surface area contributed by atoms with Crippen molar-refractivity contribution in [2.75, 3.05) is 13.9 Å².